The van der Waals surface area contributed by atoms with Gasteiger partial charge in [0, 0.05) is 45.8 Å². The molecule has 22 heavy (non-hydrogen) atoms. The van der Waals surface area contributed by atoms with Crippen LogP contribution in [0.3, 0.4) is 0 Å². The number of carbonyl (C=O) groups excluding carboxylic acids is 2. The molecule has 2 aliphatic rings. The summed E-state index contributed by atoms with van der Waals surface area (Å²) in [6.07, 6.45) is 4.79. The number of methoxy groups -OCH3 is 2. The summed E-state index contributed by atoms with van der Waals surface area (Å²) in [6, 6.07) is 0. The van der Waals surface area contributed by atoms with E-state index in [1.807, 2.05) is 9.80 Å². The van der Waals surface area contributed by atoms with Gasteiger partial charge in [0.15, 0.2) is 0 Å². The van der Waals surface area contributed by atoms with Crippen LogP contribution in [-0.2, 0) is 19.1 Å². The van der Waals surface area contributed by atoms with Crippen LogP contribution in [0.25, 0.3) is 0 Å². The SMILES string of the molecule is COCCC(=O)N1CCC[C@@]2(CCC(=O)N2CCOC)CC1. The quantitative estimate of drug-likeness (QED) is 0.735. The molecule has 2 fully saturated rings. The molecule has 0 aromatic rings. The van der Waals surface area contributed by atoms with Gasteiger partial charge in [-0.15, -0.1) is 0 Å². The molecule has 0 aromatic carbocycles. The number of likely N-dealkylation sites (tertiary alicyclic amines) is 2. The second kappa shape index (κ2) is 7.92. The molecular formula is C16H28N2O4. The Morgan fingerprint density at radius 3 is 2.64 bits per heavy atom. The van der Waals surface area contributed by atoms with Gasteiger partial charge in [-0.2, -0.15) is 0 Å². The van der Waals surface area contributed by atoms with Gasteiger partial charge in [-0.05, 0) is 25.7 Å². The van der Waals surface area contributed by atoms with Gasteiger partial charge in [-0.25, -0.2) is 0 Å². The van der Waals surface area contributed by atoms with Gasteiger partial charge in [-0.3, -0.25) is 9.59 Å². The molecule has 6 nitrogen and oxygen atoms in total. The third kappa shape index (κ3) is 3.79. The van der Waals surface area contributed by atoms with E-state index in [4.69, 9.17) is 9.47 Å². The fourth-order valence-corrected chi connectivity index (χ4v) is 3.71. The van der Waals surface area contributed by atoms with E-state index in [2.05, 4.69) is 0 Å². The van der Waals surface area contributed by atoms with E-state index >= 15 is 0 Å². The highest BCUT2D eigenvalue weighted by molar-refractivity contribution is 5.80. The highest BCUT2D eigenvalue weighted by Gasteiger charge is 2.45. The van der Waals surface area contributed by atoms with E-state index in [0.29, 0.717) is 32.6 Å². The third-order valence-corrected chi connectivity index (χ3v) is 4.99. The Hall–Kier alpha value is -1.14. The van der Waals surface area contributed by atoms with Crippen LogP contribution in [0.1, 0.15) is 38.5 Å². The normalized spacial score (nSPS) is 25.8. The Morgan fingerprint density at radius 1 is 1.14 bits per heavy atom. The molecule has 2 heterocycles. The van der Waals surface area contributed by atoms with Crippen molar-refractivity contribution in [1.82, 2.24) is 9.80 Å². The maximum Gasteiger partial charge on any atom is 0.224 e. The zero-order valence-electron chi connectivity index (χ0n) is 13.8. The summed E-state index contributed by atoms with van der Waals surface area (Å²) in [7, 11) is 3.28. The second-order valence-corrected chi connectivity index (χ2v) is 6.24. The van der Waals surface area contributed by atoms with Crippen LogP contribution in [0.15, 0.2) is 0 Å². The van der Waals surface area contributed by atoms with Crippen molar-refractivity contribution >= 4 is 11.8 Å². The van der Waals surface area contributed by atoms with Crippen LogP contribution < -0.4 is 0 Å². The van der Waals surface area contributed by atoms with Gasteiger partial charge in [0.1, 0.15) is 0 Å². The summed E-state index contributed by atoms with van der Waals surface area (Å²) in [5, 5.41) is 0. The van der Waals surface area contributed by atoms with Crippen LogP contribution in [0, 0.1) is 0 Å². The fraction of sp³-hybridized carbons (Fsp3) is 0.875. The Labute approximate surface area is 132 Å². The fourth-order valence-electron chi connectivity index (χ4n) is 3.71. The minimum atomic E-state index is -0.0636. The summed E-state index contributed by atoms with van der Waals surface area (Å²) >= 11 is 0. The standard InChI is InChI=1S/C16H28N2O4/c1-21-12-5-14(19)17-9-3-6-16(8-10-17)7-4-15(20)18(16)11-13-22-2/h3-13H2,1-2H3/t16-/m1/s1. The molecular weight excluding hydrogens is 284 g/mol. The molecule has 6 heteroatoms. The maximum absolute atomic E-state index is 12.2. The van der Waals surface area contributed by atoms with Crippen molar-refractivity contribution in [3.63, 3.8) is 0 Å². The van der Waals surface area contributed by atoms with Crippen molar-refractivity contribution in [2.45, 2.75) is 44.1 Å². The van der Waals surface area contributed by atoms with Gasteiger partial charge < -0.3 is 19.3 Å². The molecule has 126 valence electrons. The van der Waals surface area contributed by atoms with Crippen LogP contribution >= 0.6 is 0 Å². The smallest absolute Gasteiger partial charge is 0.224 e. The minimum Gasteiger partial charge on any atom is -0.384 e. The molecule has 1 spiro atoms. The first-order valence-electron chi connectivity index (χ1n) is 8.19. The van der Waals surface area contributed by atoms with Crippen molar-refractivity contribution in [1.29, 1.82) is 0 Å². The van der Waals surface area contributed by atoms with Crippen molar-refractivity contribution in [2.75, 3.05) is 47.1 Å². The lowest BCUT2D eigenvalue weighted by molar-refractivity contribution is -0.132. The van der Waals surface area contributed by atoms with Gasteiger partial charge in [0.25, 0.3) is 0 Å². The van der Waals surface area contributed by atoms with Crippen molar-refractivity contribution < 1.29 is 19.1 Å². The first-order chi connectivity index (χ1) is 10.6. The van der Waals surface area contributed by atoms with Gasteiger partial charge in [0.2, 0.25) is 11.8 Å². The van der Waals surface area contributed by atoms with Gasteiger partial charge >= 0.3 is 0 Å². The molecule has 0 radical (unpaired) electrons. The van der Waals surface area contributed by atoms with E-state index in [1.165, 1.54) is 0 Å². The van der Waals surface area contributed by atoms with Crippen LogP contribution in [0.2, 0.25) is 0 Å². The lowest BCUT2D eigenvalue weighted by Gasteiger charge is -2.38. The number of carbonyl (C=O) groups is 2. The van der Waals surface area contributed by atoms with Crippen molar-refractivity contribution in [3.8, 4) is 0 Å². The largest absolute Gasteiger partial charge is 0.384 e. The molecule has 2 saturated heterocycles. The number of hydrogen-bond donors (Lipinski definition) is 0. The second-order valence-electron chi connectivity index (χ2n) is 6.24. The summed E-state index contributed by atoms with van der Waals surface area (Å²) in [5.41, 5.74) is -0.0636. The number of hydrogen-bond acceptors (Lipinski definition) is 4. The first-order valence-corrected chi connectivity index (χ1v) is 8.19. The van der Waals surface area contributed by atoms with Crippen molar-refractivity contribution in [3.05, 3.63) is 0 Å². The molecule has 0 aliphatic carbocycles. The maximum atomic E-state index is 12.2. The third-order valence-electron chi connectivity index (χ3n) is 4.99. The molecule has 2 amide bonds. The van der Waals surface area contributed by atoms with Crippen LogP contribution in [0.5, 0.6) is 0 Å². The zero-order chi connectivity index (χ0) is 16.0. The minimum absolute atomic E-state index is 0.0636. The molecule has 0 bridgehead atoms. The average molecular weight is 312 g/mol. The Morgan fingerprint density at radius 2 is 1.91 bits per heavy atom. The van der Waals surface area contributed by atoms with E-state index in [1.54, 1.807) is 14.2 Å². The Bertz CT molecular complexity index is 402. The van der Waals surface area contributed by atoms with E-state index in [0.717, 1.165) is 38.8 Å². The van der Waals surface area contributed by atoms with E-state index in [9.17, 15) is 9.59 Å². The molecule has 2 aliphatic heterocycles. The molecule has 0 saturated carbocycles. The monoisotopic (exact) mass is 312 g/mol. The lowest BCUT2D eigenvalue weighted by Crippen LogP contribution is -2.48. The molecule has 1 atom stereocenters. The molecule has 0 aromatic heterocycles. The number of ether oxygens (including phenoxy) is 2. The van der Waals surface area contributed by atoms with Crippen molar-refractivity contribution in [2.24, 2.45) is 0 Å². The van der Waals surface area contributed by atoms with Crippen LogP contribution in [-0.4, -0.2) is 74.2 Å². The lowest BCUT2D eigenvalue weighted by atomic mass is 9.88. The first kappa shape index (κ1) is 17.2. The number of nitrogens with zero attached hydrogens (tertiary/aromatic N) is 2. The van der Waals surface area contributed by atoms with Crippen LogP contribution in [0.4, 0.5) is 0 Å². The summed E-state index contributed by atoms with van der Waals surface area (Å²) in [6.45, 7) is 3.23. The van der Waals surface area contributed by atoms with E-state index < -0.39 is 0 Å². The Kier molecular flexibility index (Phi) is 6.20. The molecule has 0 unspecified atom stereocenters. The van der Waals surface area contributed by atoms with Gasteiger partial charge in [-0.1, -0.05) is 0 Å². The molecule has 0 N–H and O–H groups in total. The average Bonchev–Trinajstić information content (AvgIpc) is 2.70. The number of rotatable bonds is 6. The van der Waals surface area contributed by atoms with Gasteiger partial charge in [0.05, 0.1) is 19.6 Å². The highest BCUT2D eigenvalue weighted by Crippen LogP contribution is 2.38. The summed E-state index contributed by atoms with van der Waals surface area (Å²) in [4.78, 5) is 28.3. The number of amides is 2. The predicted octanol–water partition coefficient (Wildman–Crippen LogP) is 1.04. The highest BCUT2D eigenvalue weighted by atomic mass is 16.5. The predicted molar refractivity (Wildman–Crippen MR) is 82.5 cm³/mol. The Balaban J connectivity index is 1.98. The topological polar surface area (TPSA) is 59.1 Å². The summed E-state index contributed by atoms with van der Waals surface area (Å²) in [5.74, 6) is 0.392. The zero-order valence-corrected chi connectivity index (χ0v) is 13.8. The summed E-state index contributed by atoms with van der Waals surface area (Å²) < 4.78 is 10.1. The van der Waals surface area contributed by atoms with E-state index in [-0.39, 0.29) is 17.4 Å². The molecule has 2 rings (SSSR count).